The number of halogens is 1. The lowest BCUT2D eigenvalue weighted by Crippen LogP contribution is -1.82. The topological polar surface area (TPSA) is 20.2 Å². The molecule has 8 heavy (non-hydrogen) atoms. The summed E-state index contributed by atoms with van der Waals surface area (Å²) in [6.45, 7) is 1.53. The van der Waals surface area contributed by atoms with Crippen LogP contribution in [0.3, 0.4) is 0 Å². The number of aliphatic hydroxyl groups is 1. The van der Waals surface area contributed by atoms with Crippen LogP contribution in [0.4, 0.5) is 4.39 Å². The molecule has 0 aliphatic heterocycles. The van der Waals surface area contributed by atoms with Crippen molar-refractivity contribution in [2.75, 3.05) is 6.61 Å². The van der Waals surface area contributed by atoms with Gasteiger partial charge in [0.2, 0.25) is 0 Å². The molecule has 0 aliphatic carbocycles. The van der Waals surface area contributed by atoms with Gasteiger partial charge in [-0.3, -0.25) is 0 Å². The first-order valence-corrected chi connectivity index (χ1v) is 2.38. The van der Waals surface area contributed by atoms with E-state index in [4.69, 9.17) is 5.11 Å². The highest BCUT2D eigenvalue weighted by molar-refractivity contribution is 5.15. The minimum atomic E-state index is -0.235. The zero-order valence-corrected chi connectivity index (χ0v) is 4.76. The van der Waals surface area contributed by atoms with Gasteiger partial charge in [-0.05, 0) is 6.92 Å². The normalized spacial score (nSPS) is 13.1. The van der Waals surface area contributed by atoms with Crippen molar-refractivity contribution in [3.63, 3.8) is 0 Å². The van der Waals surface area contributed by atoms with E-state index in [0.29, 0.717) is 11.9 Å². The number of aliphatic hydroxyl groups excluding tert-OH is 1. The number of hydrogen-bond donors (Lipinski definition) is 1. The molecule has 0 saturated heterocycles. The van der Waals surface area contributed by atoms with Crippen LogP contribution >= 0.6 is 0 Å². The van der Waals surface area contributed by atoms with Crippen molar-refractivity contribution in [3.05, 3.63) is 24.1 Å². The lowest BCUT2D eigenvalue weighted by Gasteiger charge is -1.87. The molecule has 0 fully saturated rings. The molecule has 0 aliphatic rings. The molecule has 0 bridgehead atoms. The lowest BCUT2D eigenvalue weighted by atomic mass is 10.3. The van der Waals surface area contributed by atoms with E-state index in [9.17, 15) is 4.39 Å². The van der Waals surface area contributed by atoms with Crippen LogP contribution in [0.2, 0.25) is 0 Å². The summed E-state index contributed by atoms with van der Waals surface area (Å²) < 4.78 is 11.5. The van der Waals surface area contributed by atoms with Crippen molar-refractivity contribution in [1.82, 2.24) is 0 Å². The minimum Gasteiger partial charge on any atom is -0.392 e. The molecule has 0 unspecified atom stereocenters. The van der Waals surface area contributed by atoms with Crippen molar-refractivity contribution in [3.8, 4) is 0 Å². The van der Waals surface area contributed by atoms with Gasteiger partial charge < -0.3 is 5.11 Å². The molecule has 0 aromatic carbocycles. The van der Waals surface area contributed by atoms with Gasteiger partial charge in [0, 0.05) is 5.57 Å². The molecular weight excluding hydrogens is 107 g/mol. The van der Waals surface area contributed by atoms with Gasteiger partial charge in [0.1, 0.15) is 0 Å². The predicted molar refractivity (Wildman–Crippen MR) is 31.1 cm³/mol. The molecule has 0 amide bonds. The van der Waals surface area contributed by atoms with Crippen LogP contribution in [0.25, 0.3) is 0 Å². The van der Waals surface area contributed by atoms with E-state index >= 15 is 0 Å². The Bertz CT molecular complexity index is 102. The molecule has 1 nitrogen and oxygen atoms in total. The van der Waals surface area contributed by atoms with Gasteiger partial charge in [-0.25, -0.2) is 4.39 Å². The molecule has 0 radical (unpaired) electrons. The molecule has 0 aromatic heterocycles. The van der Waals surface area contributed by atoms with Crippen LogP contribution in [-0.2, 0) is 0 Å². The van der Waals surface area contributed by atoms with E-state index in [-0.39, 0.29) is 6.61 Å². The van der Waals surface area contributed by atoms with E-state index in [1.54, 1.807) is 13.0 Å². The summed E-state index contributed by atoms with van der Waals surface area (Å²) in [7, 11) is 0. The van der Waals surface area contributed by atoms with Crippen LogP contribution in [0, 0.1) is 0 Å². The highest BCUT2D eigenvalue weighted by Crippen LogP contribution is 1.93. The van der Waals surface area contributed by atoms with E-state index in [1.807, 2.05) is 0 Å². The first kappa shape index (κ1) is 7.37. The maximum Gasteiger partial charge on any atom is 0.0921 e. The van der Waals surface area contributed by atoms with Crippen LogP contribution < -0.4 is 0 Å². The van der Waals surface area contributed by atoms with E-state index in [2.05, 4.69) is 0 Å². The molecule has 0 heterocycles. The van der Waals surface area contributed by atoms with E-state index in [0.717, 1.165) is 0 Å². The standard InChI is InChI=1S/C6H9FO/c1-2-3-6(4-7)5-8/h2-4,8H,5H2,1H3/b3-2-,6-4?. The molecule has 0 rings (SSSR count). The lowest BCUT2D eigenvalue weighted by molar-refractivity contribution is 0.332. The van der Waals surface area contributed by atoms with Crippen molar-refractivity contribution < 1.29 is 9.50 Å². The predicted octanol–water partition coefficient (Wildman–Crippen LogP) is 1.41. The van der Waals surface area contributed by atoms with Crippen molar-refractivity contribution >= 4 is 0 Å². The second-order valence-electron chi connectivity index (χ2n) is 1.34. The molecule has 0 spiro atoms. The number of rotatable bonds is 2. The van der Waals surface area contributed by atoms with Gasteiger partial charge in [0.15, 0.2) is 0 Å². The van der Waals surface area contributed by atoms with Crippen LogP contribution in [-0.4, -0.2) is 11.7 Å². The minimum absolute atomic E-state index is 0.235. The smallest absolute Gasteiger partial charge is 0.0921 e. The molecule has 46 valence electrons. The van der Waals surface area contributed by atoms with Gasteiger partial charge in [-0.1, -0.05) is 12.2 Å². The van der Waals surface area contributed by atoms with Gasteiger partial charge in [-0.2, -0.15) is 0 Å². The summed E-state index contributed by atoms with van der Waals surface area (Å²) >= 11 is 0. The molecule has 0 aromatic rings. The van der Waals surface area contributed by atoms with Crippen LogP contribution in [0.15, 0.2) is 24.1 Å². The Labute approximate surface area is 48.1 Å². The highest BCUT2D eigenvalue weighted by atomic mass is 19.1. The summed E-state index contributed by atoms with van der Waals surface area (Å²) in [6, 6.07) is 0. The summed E-state index contributed by atoms with van der Waals surface area (Å²) in [5.41, 5.74) is 0.299. The third-order valence-corrected chi connectivity index (χ3v) is 0.703. The van der Waals surface area contributed by atoms with Gasteiger partial charge in [0.05, 0.1) is 12.9 Å². The van der Waals surface area contributed by atoms with Gasteiger partial charge in [0.25, 0.3) is 0 Å². The SMILES string of the molecule is C/C=C\C(=CF)CO. The second kappa shape index (κ2) is 4.53. The Morgan fingerprint density at radius 1 is 1.75 bits per heavy atom. The third kappa shape index (κ3) is 2.53. The number of hydrogen-bond acceptors (Lipinski definition) is 1. The summed E-state index contributed by atoms with van der Waals surface area (Å²) in [4.78, 5) is 0. The van der Waals surface area contributed by atoms with Crippen LogP contribution in [0.5, 0.6) is 0 Å². The fourth-order valence-corrected chi connectivity index (χ4v) is 0.338. The molecule has 2 heteroatoms. The highest BCUT2D eigenvalue weighted by Gasteiger charge is 1.83. The van der Waals surface area contributed by atoms with Gasteiger partial charge in [-0.15, -0.1) is 0 Å². The second-order valence-corrected chi connectivity index (χ2v) is 1.34. The first-order chi connectivity index (χ1) is 3.85. The Morgan fingerprint density at radius 3 is 2.50 bits per heavy atom. The monoisotopic (exact) mass is 116 g/mol. The maximum atomic E-state index is 11.5. The molecule has 0 saturated carbocycles. The van der Waals surface area contributed by atoms with E-state index in [1.165, 1.54) is 6.08 Å². The maximum absolute atomic E-state index is 11.5. The zero-order valence-electron chi connectivity index (χ0n) is 4.76. The fourth-order valence-electron chi connectivity index (χ4n) is 0.338. The van der Waals surface area contributed by atoms with E-state index < -0.39 is 0 Å². The largest absolute Gasteiger partial charge is 0.392 e. The Morgan fingerprint density at radius 2 is 2.38 bits per heavy atom. The van der Waals surface area contributed by atoms with Crippen molar-refractivity contribution in [2.24, 2.45) is 0 Å². The Balaban J connectivity index is 3.72. The summed E-state index contributed by atoms with van der Waals surface area (Å²) in [6.07, 6.45) is 3.57. The molecule has 1 N–H and O–H groups in total. The van der Waals surface area contributed by atoms with Crippen LogP contribution in [0.1, 0.15) is 6.92 Å². The van der Waals surface area contributed by atoms with Crippen molar-refractivity contribution in [1.29, 1.82) is 0 Å². The zero-order chi connectivity index (χ0) is 6.41. The number of allylic oxidation sites excluding steroid dienone is 1. The van der Waals surface area contributed by atoms with Gasteiger partial charge >= 0.3 is 0 Å². The average molecular weight is 116 g/mol. The Kier molecular flexibility index (Phi) is 4.17. The fraction of sp³-hybridized carbons (Fsp3) is 0.333. The molecule has 0 atom stereocenters. The summed E-state index contributed by atoms with van der Waals surface area (Å²) in [5, 5.41) is 8.30. The third-order valence-electron chi connectivity index (χ3n) is 0.703. The first-order valence-electron chi connectivity index (χ1n) is 2.38. The summed E-state index contributed by atoms with van der Waals surface area (Å²) in [5.74, 6) is 0. The Hall–Kier alpha value is -0.630. The molecular formula is C6H9FO. The quantitative estimate of drug-likeness (QED) is 0.541. The van der Waals surface area contributed by atoms with Crippen molar-refractivity contribution in [2.45, 2.75) is 6.92 Å². The average Bonchev–Trinajstić information content (AvgIpc) is 1.83.